The Labute approximate surface area is 79.6 Å². The number of hydrogen-bond donors (Lipinski definition) is 2. The fourth-order valence-corrected chi connectivity index (χ4v) is 1.59. The molecule has 0 aromatic carbocycles. The zero-order chi connectivity index (χ0) is 9.52. The number of urea groups is 1. The van der Waals surface area contributed by atoms with E-state index in [1.165, 1.54) is 12.8 Å². The standard InChI is InChI=1S/C10H18N2O/c1-2-3-8-11-10(13)12-9-6-4-5-7-9/h2,9H,1,3-8H2,(H2,11,12,13). The fourth-order valence-electron chi connectivity index (χ4n) is 1.59. The van der Waals surface area contributed by atoms with Crippen molar-refractivity contribution in [3.63, 3.8) is 0 Å². The third kappa shape index (κ3) is 3.97. The lowest BCUT2D eigenvalue weighted by Crippen LogP contribution is -2.41. The van der Waals surface area contributed by atoms with Crippen LogP contribution in [0.5, 0.6) is 0 Å². The molecule has 1 saturated carbocycles. The van der Waals surface area contributed by atoms with E-state index in [1.807, 2.05) is 0 Å². The second-order valence-electron chi connectivity index (χ2n) is 3.46. The Kier molecular flexibility index (Phi) is 4.36. The maximum Gasteiger partial charge on any atom is 0.315 e. The average molecular weight is 182 g/mol. The number of carbonyl (C=O) groups is 1. The van der Waals surface area contributed by atoms with Crippen LogP contribution in [0, 0.1) is 0 Å². The van der Waals surface area contributed by atoms with Crippen LogP contribution in [0.15, 0.2) is 12.7 Å². The summed E-state index contributed by atoms with van der Waals surface area (Å²) in [6.45, 7) is 4.27. The van der Waals surface area contributed by atoms with Crippen LogP contribution in [-0.4, -0.2) is 18.6 Å². The molecule has 3 nitrogen and oxygen atoms in total. The minimum absolute atomic E-state index is 0.0336. The van der Waals surface area contributed by atoms with Crippen molar-refractivity contribution >= 4 is 6.03 Å². The smallest absolute Gasteiger partial charge is 0.315 e. The lowest BCUT2D eigenvalue weighted by molar-refractivity contribution is 0.237. The lowest BCUT2D eigenvalue weighted by Gasteiger charge is -2.12. The first-order valence-corrected chi connectivity index (χ1v) is 4.98. The number of carbonyl (C=O) groups excluding carboxylic acids is 1. The highest BCUT2D eigenvalue weighted by Gasteiger charge is 2.16. The highest BCUT2D eigenvalue weighted by molar-refractivity contribution is 5.74. The van der Waals surface area contributed by atoms with Gasteiger partial charge in [-0.25, -0.2) is 4.79 Å². The molecule has 74 valence electrons. The lowest BCUT2D eigenvalue weighted by atomic mass is 10.2. The zero-order valence-electron chi connectivity index (χ0n) is 8.01. The van der Waals surface area contributed by atoms with E-state index < -0.39 is 0 Å². The topological polar surface area (TPSA) is 41.1 Å². The molecule has 1 aliphatic carbocycles. The Balaban J connectivity index is 2.05. The number of nitrogens with one attached hydrogen (secondary N) is 2. The molecule has 1 rings (SSSR count). The van der Waals surface area contributed by atoms with E-state index in [9.17, 15) is 4.79 Å². The summed E-state index contributed by atoms with van der Waals surface area (Å²) >= 11 is 0. The molecule has 0 aliphatic heterocycles. The Morgan fingerprint density at radius 3 is 2.77 bits per heavy atom. The summed E-state index contributed by atoms with van der Waals surface area (Å²) in [5, 5.41) is 5.74. The molecule has 13 heavy (non-hydrogen) atoms. The van der Waals surface area contributed by atoms with E-state index >= 15 is 0 Å². The van der Waals surface area contributed by atoms with Crippen LogP contribution in [0.1, 0.15) is 32.1 Å². The molecule has 1 aliphatic rings. The summed E-state index contributed by atoms with van der Waals surface area (Å²) in [6, 6.07) is 0.373. The number of hydrogen-bond acceptors (Lipinski definition) is 1. The molecule has 2 amide bonds. The normalized spacial score (nSPS) is 16.9. The SMILES string of the molecule is C=CCCNC(=O)NC1CCCC1. The van der Waals surface area contributed by atoms with Gasteiger partial charge in [-0.2, -0.15) is 0 Å². The predicted octanol–water partition coefficient (Wildman–Crippen LogP) is 1.80. The first-order valence-electron chi connectivity index (χ1n) is 4.98. The van der Waals surface area contributed by atoms with Crippen LogP contribution in [0.25, 0.3) is 0 Å². The van der Waals surface area contributed by atoms with Gasteiger partial charge in [0.1, 0.15) is 0 Å². The molecule has 0 unspecified atom stereocenters. The van der Waals surface area contributed by atoms with Crippen molar-refractivity contribution in [2.24, 2.45) is 0 Å². The molecular weight excluding hydrogens is 164 g/mol. The van der Waals surface area contributed by atoms with Gasteiger partial charge in [-0.05, 0) is 19.3 Å². The van der Waals surface area contributed by atoms with E-state index in [0.717, 1.165) is 19.3 Å². The summed E-state index contributed by atoms with van der Waals surface area (Å²) in [6.07, 6.45) is 7.40. The second-order valence-corrected chi connectivity index (χ2v) is 3.46. The maximum absolute atomic E-state index is 11.2. The molecule has 0 radical (unpaired) electrons. The van der Waals surface area contributed by atoms with Gasteiger partial charge >= 0.3 is 6.03 Å². The Hall–Kier alpha value is -0.990. The van der Waals surface area contributed by atoms with Gasteiger partial charge in [-0.1, -0.05) is 18.9 Å². The van der Waals surface area contributed by atoms with Crippen LogP contribution < -0.4 is 10.6 Å². The highest BCUT2D eigenvalue weighted by Crippen LogP contribution is 2.17. The monoisotopic (exact) mass is 182 g/mol. The van der Waals surface area contributed by atoms with Crippen molar-refractivity contribution in [3.05, 3.63) is 12.7 Å². The Bertz CT molecular complexity index is 174. The molecule has 0 aromatic rings. The predicted molar refractivity (Wildman–Crippen MR) is 53.6 cm³/mol. The third-order valence-corrected chi connectivity index (χ3v) is 2.32. The van der Waals surface area contributed by atoms with E-state index in [4.69, 9.17) is 0 Å². The first kappa shape index (κ1) is 10.1. The van der Waals surface area contributed by atoms with Crippen LogP contribution in [-0.2, 0) is 0 Å². The van der Waals surface area contributed by atoms with E-state index in [2.05, 4.69) is 17.2 Å². The van der Waals surface area contributed by atoms with E-state index in [-0.39, 0.29) is 6.03 Å². The second kappa shape index (κ2) is 5.62. The fraction of sp³-hybridized carbons (Fsp3) is 0.700. The van der Waals surface area contributed by atoms with Crippen molar-refractivity contribution in [2.45, 2.75) is 38.1 Å². The number of rotatable bonds is 4. The maximum atomic E-state index is 11.2. The molecule has 3 heteroatoms. The van der Waals surface area contributed by atoms with Gasteiger partial charge in [0.25, 0.3) is 0 Å². The molecule has 0 atom stereocenters. The molecule has 0 saturated heterocycles. The van der Waals surface area contributed by atoms with Gasteiger partial charge in [-0.15, -0.1) is 6.58 Å². The summed E-state index contributed by atoms with van der Waals surface area (Å²) in [7, 11) is 0. The Morgan fingerprint density at radius 2 is 2.15 bits per heavy atom. The molecule has 1 fully saturated rings. The molecular formula is C10H18N2O. The van der Waals surface area contributed by atoms with Crippen LogP contribution >= 0.6 is 0 Å². The van der Waals surface area contributed by atoms with Gasteiger partial charge in [-0.3, -0.25) is 0 Å². The molecule has 0 spiro atoms. The van der Waals surface area contributed by atoms with Crippen molar-refractivity contribution in [1.29, 1.82) is 0 Å². The minimum atomic E-state index is -0.0336. The quantitative estimate of drug-likeness (QED) is 0.505. The molecule has 2 N–H and O–H groups in total. The first-order chi connectivity index (χ1) is 6.33. The van der Waals surface area contributed by atoms with Crippen LogP contribution in [0.3, 0.4) is 0 Å². The van der Waals surface area contributed by atoms with Gasteiger partial charge in [0, 0.05) is 12.6 Å². The van der Waals surface area contributed by atoms with Crippen molar-refractivity contribution in [3.8, 4) is 0 Å². The van der Waals surface area contributed by atoms with Gasteiger partial charge in [0.05, 0.1) is 0 Å². The minimum Gasteiger partial charge on any atom is -0.338 e. The van der Waals surface area contributed by atoms with Crippen LogP contribution in [0.2, 0.25) is 0 Å². The molecule has 0 aromatic heterocycles. The zero-order valence-corrected chi connectivity index (χ0v) is 8.01. The van der Waals surface area contributed by atoms with Gasteiger partial charge < -0.3 is 10.6 Å². The van der Waals surface area contributed by atoms with E-state index in [1.54, 1.807) is 6.08 Å². The summed E-state index contributed by atoms with van der Waals surface area (Å²) in [5.41, 5.74) is 0. The molecule has 0 heterocycles. The molecule has 0 bridgehead atoms. The highest BCUT2D eigenvalue weighted by atomic mass is 16.2. The third-order valence-electron chi connectivity index (χ3n) is 2.32. The van der Waals surface area contributed by atoms with Crippen LogP contribution in [0.4, 0.5) is 4.79 Å². The van der Waals surface area contributed by atoms with Crippen molar-refractivity contribution in [1.82, 2.24) is 10.6 Å². The summed E-state index contributed by atoms with van der Waals surface area (Å²) in [5.74, 6) is 0. The number of amides is 2. The largest absolute Gasteiger partial charge is 0.338 e. The van der Waals surface area contributed by atoms with Crippen molar-refractivity contribution in [2.75, 3.05) is 6.54 Å². The summed E-state index contributed by atoms with van der Waals surface area (Å²) in [4.78, 5) is 11.2. The van der Waals surface area contributed by atoms with Gasteiger partial charge in [0.2, 0.25) is 0 Å². The van der Waals surface area contributed by atoms with Gasteiger partial charge in [0.15, 0.2) is 0 Å². The Morgan fingerprint density at radius 1 is 1.46 bits per heavy atom. The van der Waals surface area contributed by atoms with Crippen molar-refractivity contribution < 1.29 is 4.79 Å². The average Bonchev–Trinajstić information content (AvgIpc) is 2.57. The summed E-state index contributed by atoms with van der Waals surface area (Å²) < 4.78 is 0. The van der Waals surface area contributed by atoms with E-state index in [0.29, 0.717) is 12.6 Å².